The van der Waals surface area contributed by atoms with Crippen LogP contribution in [0.15, 0.2) is 66.7 Å². The first kappa shape index (κ1) is 34.2. The van der Waals surface area contributed by atoms with E-state index in [4.69, 9.17) is 39.5 Å². The highest BCUT2D eigenvalue weighted by Gasteiger charge is 2.45. The van der Waals surface area contributed by atoms with E-state index >= 15 is 0 Å². The lowest BCUT2D eigenvalue weighted by Crippen LogP contribution is -2.56. The number of nitrogens with one attached hydrogen (secondary N) is 2. The Morgan fingerprint density at radius 2 is 1.44 bits per heavy atom. The first-order valence-electron chi connectivity index (χ1n) is 13.2. The number of alkyl halides is 3. The van der Waals surface area contributed by atoms with Crippen molar-refractivity contribution >= 4 is 52.4 Å². The number of amides is 2. The highest BCUT2D eigenvalue weighted by Crippen LogP contribution is 2.33. The number of hydrogen-bond donors (Lipinski definition) is 2. The quantitative estimate of drug-likeness (QED) is 0.216. The lowest BCUT2D eigenvalue weighted by atomic mass is 9.88. The molecule has 0 saturated heterocycles. The fourth-order valence-electron chi connectivity index (χ4n) is 4.46. The Kier molecular flexibility index (Phi) is 11.9. The predicted molar refractivity (Wildman–Crippen MR) is 161 cm³/mol. The number of hydrogen-bond acceptors (Lipinski definition) is 4. The zero-order chi connectivity index (χ0) is 31.9. The monoisotopic (exact) mass is 656 g/mol. The Labute approximate surface area is 262 Å². The molecule has 3 atom stereocenters. The minimum atomic E-state index is -5.15. The molecule has 3 aromatic rings. The molecule has 2 amide bonds. The number of methoxy groups -OCH3 is 1. The minimum absolute atomic E-state index is 0.0697. The molecular formula is C31H30Cl3F3N2O4. The van der Waals surface area contributed by atoms with Crippen LogP contribution in [-0.4, -0.2) is 43.0 Å². The average Bonchev–Trinajstić information content (AvgIpc) is 2.96. The summed E-state index contributed by atoms with van der Waals surface area (Å²) in [6.45, 7) is 2.77. The number of benzene rings is 3. The summed E-state index contributed by atoms with van der Waals surface area (Å²) in [5.41, 5.74) is 2.00. The van der Waals surface area contributed by atoms with Gasteiger partial charge >= 0.3 is 6.18 Å². The number of ether oxygens (including phenoxy) is 1. The number of carbonyl (C=O) groups is 3. The molecule has 3 aromatic carbocycles. The predicted octanol–water partition coefficient (Wildman–Crippen LogP) is 7.18. The number of carbonyl (C=O) groups excluding carboxylic acids is 3. The van der Waals surface area contributed by atoms with Crippen molar-refractivity contribution in [1.82, 2.24) is 10.6 Å². The molecule has 1 unspecified atom stereocenters. The van der Waals surface area contributed by atoms with Crippen molar-refractivity contribution in [2.75, 3.05) is 7.11 Å². The maximum atomic E-state index is 13.5. The highest BCUT2D eigenvalue weighted by atomic mass is 35.5. The van der Waals surface area contributed by atoms with Gasteiger partial charge < -0.3 is 15.4 Å². The van der Waals surface area contributed by atoms with Gasteiger partial charge in [-0.05, 0) is 59.0 Å². The number of ketones is 1. The SMILES string of the molecule is COc1ccc(C(CC(=O)N[C@@H](Cc2ccc(Cl)cc2)C(=O)N[C@H](C(=O)C(F)(F)F)C(C)C)c2ccc(Cl)c(Cl)c2)cc1. The molecule has 0 radical (unpaired) electrons. The van der Waals surface area contributed by atoms with Gasteiger partial charge in [-0.2, -0.15) is 13.2 Å². The third-order valence-corrected chi connectivity index (χ3v) is 7.78. The highest BCUT2D eigenvalue weighted by molar-refractivity contribution is 6.42. The molecule has 0 saturated carbocycles. The first-order valence-corrected chi connectivity index (χ1v) is 14.4. The Balaban J connectivity index is 1.92. The van der Waals surface area contributed by atoms with Crippen molar-refractivity contribution in [2.24, 2.45) is 5.92 Å². The van der Waals surface area contributed by atoms with Crippen molar-refractivity contribution in [2.45, 2.75) is 50.9 Å². The van der Waals surface area contributed by atoms with Gasteiger partial charge in [0.15, 0.2) is 0 Å². The molecule has 43 heavy (non-hydrogen) atoms. The van der Waals surface area contributed by atoms with E-state index in [0.717, 1.165) is 5.56 Å². The number of rotatable bonds is 12. The molecule has 0 bridgehead atoms. The summed E-state index contributed by atoms with van der Waals surface area (Å²) in [5.74, 6) is -4.37. The summed E-state index contributed by atoms with van der Waals surface area (Å²) in [6.07, 6.45) is -5.37. The van der Waals surface area contributed by atoms with E-state index in [1.54, 1.807) is 66.7 Å². The summed E-state index contributed by atoms with van der Waals surface area (Å²) in [5, 5.41) is 5.92. The first-order chi connectivity index (χ1) is 20.2. The number of halogens is 6. The van der Waals surface area contributed by atoms with Gasteiger partial charge in [0.1, 0.15) is 11.8 Å². The van der Waals surface area contributed by atoms with Crippen molar-refractivity contribution < 1.29 is 32.3 Å². The maximum Gasteiger partial charge on any atom is 0.452 e. The molecule has 0 aromatic heterocycles. The maximum absolute atomic E-state index is 13.5. The smallest absolute Gasteiger partial charge is 0.452 e. The summed E-state index contributed by atoms with van der Waals surface area (Å²) in [7, 11) is 1.52. The Morgan fingerprint density at radius 1 is 0.837 bits per heavy atom. The summed E-state index contributed by atoms with van der Waals surface area (Å²) >= 11 is 18.3. The Hall–Kier alpha value is -3.27. The van der Waals surface area contributed by atoms with E-state index < -0.39 is 47.7 Å². The van der Waals surface area contributed by atoms with Crippen molar-refractivity contribution in [3.63, 3.8) is 0 Å². The van der Waals surface area contributed by atoms with Crippen LogP contribution < -0.4 is 15.4 Å². The van der Waals surface area contributed by atoms with Gasteiger partial charge in [0, 0.05) is 23.8 Å². The molecule has 0 aliphatic rings. The van der Waals surface area contributed by atoms with Gasteiger partial charge in [0.25, 0.3) is 5.78 Å². The van der Waals surface area contributed by atoms with E-state index in [0.29, 0.717) is 26.9 Å². The topological polar surface area (TPSA) is 84.5 Å². The second kappa shape index (κ2) is 14.9. The standard InChI is InChI=1S/C31H30Cl3F3N2O4/c1-17(2)28(29(41)31(35,36)37)39-30(42)26(14-18-4-9-21(32)10-5-18)38-27(40)16-23(19-6-11-22(43-3)12-7-19)20-8-13-24(33)25(34)15-20/h4-13,15,17,23,26,28H,14,16H2,1-3H3,(H,38,40)(H,39,42)/t23?,26-,28-/m0/s1. The molecule has 0 heterocycles. The summed E-state index contributed by atoms with van der Waals surface area (Å²) < 4.78 is 45.0. The van der Waals surface area contributed by atoms with Crippen molar-refractivity contribution in [3.8, 4) is 5.75 Å². The third kappa shape index (κ3) is 9.61. The van der Waals surface area contributed by atoms with Crippen molar-refractivity contribution in [3.05, 3.63) is 98.5 Å². The van der Waals surface area contributed by atoms with Gasteiger partial charge in [-0.1, -0.05) is 79.0 Å². The van der Waals surface area contributed by atoms with Gasteiger partial charge in [-0.25, -0.2) is 0 Å². The van der Waals surface area contributed by atoms with Crippen LogP contribution in [-0.2, 0) is 20.8 Å². The van der Waals surface area contributed by atoms with Crippen LogP contribution in [0, 0.1) is 5.92 Å². The van der Waals surface area contributed by atoms with Crippen LogP contribution in [0.3, 0.4) is 0 Å². The molecule has 6 nitrogen and oxygen atoms in total. The molecule has 0 fully saturated rings. The average molecular weight is 658 g/mol. The van der Waals surface area contributed by atoms with Crippen molar-refractivity contribution in [1.29, 1.82) is 0 Å². The van der Waals surface area contributed by atoms with E-state index in [1.165, 1.54) is 21.0 Å². The molecule has 3 rings (SSSR count). The largest absolute Gasteiger partial charge is 0.497 e. The van der Waals surface area contributed by atoms with Gasteiger partial charge in [-0.15, -0.1) is 0 Å². The lowest BCUT2D eigenvalue weighted by molar-refractivity contribution is -0.175. The van der Waals surface area contributed by atoms with Crippen LogP contribution in [0.25, 0.3) is 0 Å². The lowest BCUT2D eigenvalue weighted by Gasteiger charge is -2.26. The molecule has 0 spiro atoms. The molecule has 2 N–H and O–H groups in total. The van der Waals surface area contributed by atoms with Crippen LogP contribution >= 0.6 is 34.8 Å². The van der Waals surface area contributed by atoms with Crippen LogP contribution in [0.2, 0.25) is 15.1 Å². The molecule has 12 heteroatoms. The fraction of sp³-hybridized carbons (Fsp3) is 0.323. The molecular weight excluding hydrogens is 628 g/mol. The van der Waals surface area contributed by atoms with Gasteiger partial charge in [-0.3, -0.25) is 14.4 Å². The minimum Gasteiger partial charge on any atom is -0.497 e. The van der Waals surface area contributed by atoms with Crippen LogP contribution in [0.1, 0.15) is 42.9 Å². The van der Waals surface area contributed by atoms with E-state index in [-0.39, 0.29) is 17.9 Å². The number of Topliss-reactive ketones (excluding diaryl/α,β-unsaturated/α-hetero) is 1. The summed E-state index contributed by atoms with van der Waals surface area (Å²) in [6, 6.07) is 15.3. The third-order valence-electron chi connectivity index (χ3n) is 6.78. The second-order valence-corrected chi connectivity index (χ2v) is 11.5. The molecule has 0 aliphatic heterocycles. The zero-order valence-electron chi connectivity index (χ0n) is 23.5. The molecule has 230 valence electrons. The Morgan fingerprint density at radius 3 is 1.98 bits per heavy atom. The van der Waals surface area contributed by atoms with E-state index in [9.17, 15) is 27.6 Å². The van der Waals surface area contributed by atoms with Gasteiger partial charge in [0.2, 0.25) is 11.8 Å². The zero-order valence-corrected chi connectivity index (χ0v) is 25.7. The molecule has 0 aliphatic carbocycles. The normalized spacial score (nSPS) is 13.6. The fourth-order valence-corrected chi connectivity index (χ4v) is 4.90. The Bertz CT molecular complexity index is 1430. The second-order valence-electron chi connectivity index (χ2n) is 10.2. The van der Waals surface area contributed by atoms with Crippen LogP contribution in [0.4, 0.5) is 13.2 Å². The van der Waals surface area contributed by atoms with E-state index in [1.807, 2.05) is 0 Å². The van der Waals surface area contributed by atoms with Gasteiger partial charge in [0.05, 0.1) is 23.2 Å². The summed E-state index contributed by atoms with van der Waals surface area (Å²) in [4.78, 5) is 38.9. The van der Waals surface area contributed by atoms with Crippen LogP contribution in [0.5, 0.6) is 5.75 Å². The van der Waals surface area contributed by atoms with E-state index in [2.05, 4.69) is 10.6 Å².